The van der Waals surface area contributed by atoms with Crippen molar-refractivity contribution < 1.29 is 5.21 Å². The van der Waals surface area contributed by atoms with Gasteiger partial charge in [0.05, 0.1) is 6.21 Å². The first-order valence-electron chi connectivity index (χ1n) is 2.83. The highest BCUT2D eigenvalue weighted by atomic mass is 35.5. The van der Waals surface area contributed by atoms with Crippen molar-refractivity contribution in [2.75, 3.05) is 5.73 Å². The first kappa shape index (κ1) is 7.81. The van der Waals surface area contributed by atoms with Gasteiger partial charge in [-0.15, -0.1) is 0 Å². The van der Waals surface area contributed by atoms with E-state index in [9.17, 15) is 0 Å². The number of anilines is 1. The van der Waals surface area contributed by atoms with Crippen molar-refractivity contribution in [3.05, 3.63) is 22.8 Å². The smallest absolute Gasteiger partial charge is 0.134 e. The van der Waals surface area contributed by atoms with E-state index in [1.54, 1.807) is 12.1 Å². The van der Waals surface area contributed by atoms with Crippen LogP contribution in [0.25, 0.3) is 0 Å². The Morgan fingerprint density at radius 1 is 1.64 bits per heavy atom. The number of nitrogens with zero attached hydrogens (tertiary/aromatic N) is 2. The van der Waals surface area contributed by atoms with Gasteiger partial charge in [-0.1, -0.05) is 16.8 Å². The van der Waals surface area contributed by atoms with Crippen LogP contribution in [0.2, 0.25) is 5.15 Å². The van der Waals surface area contributed by atoms with Gasteiger partial charge < -0.3 is 10.9 Å². The van der Waals surface area contributed by atoms with E-state index in [1.807, 2.05) is 0 Å². The Morgan fingerprint density at radius 3 is 2.91 bits per heavy atom. The Balaban J connectivity index is 3.09. The highest BCUT2D eigenvalue weighted by molar-refractivity contribution is 6.29. The van der Waals surface area contributed by atoms with Gasteiger partial charge >= 0.3 is 0 Å². The molecule has 0 saturated heterocycles. The zero-order valence-corrected chi connectivity index (χ0v) is 6.28. The molecule has 0 unspecified atom stereocenters. The van der Waals surface area contributed by atoms with E-state index in [4.69, 9.17) is 22.5 Å². The minimum Gasteiger partial charge on any atom is -0.411 e. The third-order valence-corrected chi connectivity index (χ3v) is 1.33. The molecule has 1 aromatic rings. The molecule has 0 spiro atoms. The summed E-state index contributed by atoms with van der Waals surface area (Å²) in [5, 5.41) is 11.3. The maximum Gasteiger partial charge on any atom is 0.134 e. The molecule has 1 aromatic heterocycles. The van der Waals surface area contributed by atoms with Crippen molar-refractivity contribution in [2.45, 2.75) is 0 Å². The van der Waals surface area contributed by atoms with Crippen LogP contribution in [0, 0.1) is 0 Å². The van der Waals surface area contributed by atoms with Crippen LogP contribution in [0.5, 0.6) is 0 Å². The largest absolute Gasteiger partial charge is 0.411 e. The second kappa shape index (κ2) is 3.21. The number of oxime groups is 1. The number of halogens is 1. The number of hydrogen-bond donors (Lipinski definition) is 2. The van der Waals surface area contributed by atoms with Crippen molar-refractivity contribution in [2.24, 2.45) is 5.16 Å². The molecular weight excluding hydrogens is 166 g/mol. The lowest BCUT2D eigenvalue weighted by Crippen LogP contribution is -1.96. The molecule has 1 rings (SSSR count). The molecule has 0 aliphatic heterocycles. The predicted octanol–water partition coefficient (Wildman–Crippen LogP) is 1.13. The summed E-state index contributed by atoms with van der Waals surface area (Å²) >= 11 is 5.52. The van der Waals surface area contributed by atoms with Gasteiger partial charge in [-0.05, 0) is 12.1 Å². The number of hydrogen-bond acceptors (Lipinski definition) is 4. The summed E-state index contributed by atoms with van der Waals surface area (Å²) in [6, 6.07) is 3.18. The first-order chi connectivity index (χ1) is 5.24. The molecule has 0 aliphatic carbocycles. The summed E-state index contributed by atoms with van der Waals surface area (Å²) in [7, 11) is 0. The molecule has 0 aliphatic rings. The molecule has 0 radical (unpaired) electrons. The van der Waals surface area contributed by atoms with Crippen LogP contribution in [0.4, 0.5) is 5.82 Å². The Labute approximate surface area is 68.3 Å². The van der Waals surface area contributed by atoms with Crippen LogP contribution < -0.4 is 5.73 Å². The Bertz CT molecular complexity index is 287. The minimum atomic E-state index is 0.246. The van der Waals surface area contributed by atoms with Crippen LogP contribution in [0.3, 0.4) is 0 Å². The molecule has 11 heavy (non-hydrogen) atoms. The van der Waals surface area contributed by atoms with Crippen molar-refractivity contribution in [1.29, 1.82) is 0 Å². The Morgan fingerprint density at radius 2 is 2.36 bits per heavy atom. The number of aromatic nitrogens is 1. The summed E-state index contributed by atoms with van der Waals surface area (Å²) < 4.78 is 0. The SMILES string of the molecule is Nc1nc(Cl)ccc1C=NO. The summed E-state index contributed by atoms with van der Waals surface area (Å²) in [4.78, 5) is 3.73. The van der Waals surface area contributed by atoms with Crippen LogP contribution >= 0.6 is 11.6 Å². The third kappa shape index (κ3) is 1.81. The maximum absolute atomic E-state index is 8.17. The first-order valence-corrected chi connectivity index (χ1v) is 3.21. The molecule has 0 bridgehead atoms. The zero-order valence-electron chi connectivity index (χ0n) is 5.53. The average molecular weight is 172 g/mol. The molecule has 58 valence electrons. The van der Waals surface area contributed by atoms with Gasteiger partial charge in [0.1, 0.15) is 11.0 Å². The lowest BCUT2D eigenvalue weighted by Gasteiger charge is -1.96. The molecule has 0 atom stereocenters. The van der Waals surface area contributed by atoms with E-state index in [0.717, 1.165) is 0 Å². The number of pyridine rings is 1. The monoisotopic (exact) mass is 171 g/mol. The van der Waals surface area contributed by atoms with Crippen LogP contribution in [0.1, 0.15) is 5.56 Å². The van der Waals surface area contributed by atoms with Crippen molar-refractivity contribution in [3.63, 3.8) is 0 Å². The fourth-order valence-corrected chi connectivity index (χ4v) is 0.786. The van der Waals surface area contributed by atoms with Gasteiger partial charge in [-0.3, -0.25) is 0 Å². The molecule has 1 heterocycles. The van der Waals surface area contributed by atoms with Crippen LogP contribution in [0.15, 0.2) is 17.3 Å². The highest BCUT2D eigenvalue weighted by Gasteiger charge is 1.97. The van der Waals surface area contributed by atoms with Gasteiger partial charge in [0, 0.05) is 5.56 Å². The topological polar surface area (TPSA) is 71.5 Å². The van der Waals surface area contributed by atoms with E-state index < -0.39 is 0 Å². The van der Waals surface area contributed by atoms with Gasteiger partial charge in [0.15, 0.2) is 0 Å². The normalized spacial score (nSPS) is 10.6. The molecular formula is C6H6ClN3O. The number of nitrogens with two attached hydrogens (primary N) is 1. The number of rotatable bonds is 1. The zero-order chi connectivity index (χ0) is 8.27. The van der Waals surface area contributed by atoms with Gasteiger partial charge in [0.2, 0.25) is 0 Å². The lowest BCUT2D eigenvalue weighted by atomic mass is 10.3. The second-order valence-corrected chi connectivity index (χ2v) is 2.24. The summed E-state index contributed by atoms with van der Waals surface area (Å²) in [6.07, 6.45) is 1.19. The molecule has 0 aromatic carbocycles. The van der Waals surface area contributed by atoms with E-state index in [1.165, 1.54) is 6.21 Å². The van der Waals surface area contributed by atoms with Crippen molar-refractivity contribution in [1.82, 2.24) is 4.98 Å². The van der Waals surface area contributed by atoms with Gasteiger partial charge in [-0.25, -0.2) is 4.98 Å². The molecule has 0 fully saturated rings. The van der Waals surface area contributed by atoms with E-state index in [2.05, 4.69) is 10.1 Å². The Kier molecular flexibility index (Phi) is 2.28. The quantitative estimate of drug-likeness (QED) is 0.288. The number of nitrogen functional groups attached to an aromatic ring is 1. The molecule has 0 saturated carbocycles. The van der Waals surface area contributed by atoms with Crippen molar-refractivity contribution in [3.8, 4) is 0 Å². The van der Waals surface area contributed by atoms with E-state index >= 15 is 0 Å². The van der Waals surface area contributed by atoms with Gasteiger partial charge in [0.25, 0.3) is 0 Å². The fraction of sp³-hybridized carbons (Fsp3) is 0. The lowest BCUT2D eigenvalue weighted by molar-refractivity contribution is 0.322. The summed E-state index contributed by atoms with van der Waals surface area (Å²) in [5.74, 6) is 0.246. The third-order valence-electron chi connectivity index (χ3n) is 1.12. The second-order valence-electron chi connectivity index (χ2n) is 1.85. The molecule has 5 heteroatoms. The maximum atomic E-state index is 8.17. The van der Waals surface area contributed by atoms with Crippen molar-refractivity contribution >= 4 is 23.6 Å². The predicted molar refractivity (Wildman–Crippen MR) is 43.0 cm³/mol. The molecule has 3 N–H and O–H groups in total. The van der Waals surface area contributed by atoms with E-state index in [-0.39, 0.29) is 5.82 Å². The standard InChI is InChI=1S/C6H6ClN3O/c7-5-2-1-4(3-9-11)6(8)10-5/h1-3,11H,(H2,8,10). The average Bonchev–Trinajstić information content (AvgIpc) is 1.95. The molecule has 4 nitrogen and oxygen atoms in total. The van der Waals surface area contributed by atoms with Gasteiger partial charge in [-0.2, -0.15) is 0 Å². The summed E-state index contributed by atoms with van der Waals surface area (Å²) in [6.45, 7) is 0. The van der Waals surface area contributed by atoms with E-state index in [0.29, 0.717) is 10.7 Å². The highest BCUT2D eigenvalue weighted by Crippen LogP contribution is 2.10. The minimum absolute atomic E-state index is 0.246. The van der Waals surface area contributed by atoms with Crippen LogP contribution in [-0.2, 0) is 0 Å². The fourth-order valence-electron chi connectivity index (χ4n) is 0.632. The molecule has 0 amide bonds. The van der Waals surface area contributed by atoms with Crippen LogP contribution in [-0.4, -0.2) is 16.4 Å². The Hall–Kier alpha value is -1.29. The summed E-state index contributed by atoms with van der Waals surface area (Å²) in [5.41, 5.74) is 5.95.